The van der Waals surface area contributed by atoms with Gasteiger partial charge in [-0.15, -0.1) is 0 Å². The van der Waals surface area contributed by atoms with E-state index in [1.54, 1.807) is 35.2 Å². The van der Waals surface area contributed by atoms with Gasteiger partial charge >= 0.3 is 0 Å². The maximum atomic E-state index is 14.1. The lowest BCUT2D eigenvalue weighted by atomic mass is 9.94. The average Bonchev–Trinajstić information content (AvgIpc) is 3.08. The number of aryl methyl sites for hydroxylation is 1. The molecule has 2 aliphatic rings. The van der Waals surface area contributed by atoms with Gasteiger partial charge in [-0.3, -0.25) is 19.3 Å². The summed E-state index contributed by atoms with van der Waals surface area (Å²) in [7, 11) is 0. The number of nitrogens with zero attached hydrogens (tertiary/aromatic N) is 2. The van der Waals surface area contributed by atoms with Crippen molar-refractivity contribution < 1.29 is 18.8 Å². The van der Waals surface area contributed by atoms with E-state index < -0.39 is 17.9 Å². The Bertz CT molecular complexity index is 1220. The van der Waals surface area contributed by atoms with Crippen LogP contribution in [0.5, 0.6) is 0 Å². The van der Waals surface area contributed by atoms with Crippen molar-refractivity contribution in [2.24, 2.45) is 0 Å². The van der Waals surface area contributed by atoms with Crippen LogP contribution in [0, 0.1) is 5.82 Å². The first kappa shape index (κ1) is 21.1. The topological polar surface area (TPSA) is 57.7 Å². The fourth-order valence-corrected chi connectivity index (χ4v) is 4.83. The molecule has 33 heavy (non-hydrogen) atoms. The molecule has 166 valence electrons. The molecule has 0 unspecified atom stereocenters. The van der Waals surface area contributed by atoms with E-state index in [4.69, 9.17) is 0 Å². The highest BCUT2D eigenvalue weighted by Gasteiger charge is 2.45. The van der Waals surface area contributed by atoms with Gasteiger partial charge in [0, 0.05) is 18.2 Å². The van der Waals surface area contributed by atoms with Crippen molar-refractivity contribution in [1.29, 1.82) is 0 Å². The molecule has 2 atom stereocenters. The number of carbonyl (C=O) groups is 3. The molecule has 6 heteroatoms. The van der Waals surface area contributed by atoms with Gasteiger partial charge in [-0.2, -0.15) is 0 Å². The lowest BCUT2D eigenvalue weighted by molar-refractivity contribution is -0.123. The maximum absolute atomic E-state index is 14.1. The Morgan fingerprint density at radius 1 is 0.970 bits per heavy atom. The molecule has 2 aliphatic heterocycles. The summed E-state index contributed by atoms with van der Waals surface area (Å²) in [5, 5.41) is 0. The van der Waals surface area contributed by atoms with E-state index in [1.807, 2.05) is 37.3 Å². The Morgan fingerprint density at radius 3 is 2.27 bits per heavy atom. The van der Waals surface area contributed by atoms with Crippen LogP contribution in [0.2, 0.25) is 0 Å². The Morgan fingerprint density at radius 2 is 1.61 bits per heavy atom. The maximum Gasteiger partial charge on any atom is 0.262 e. The van der Waals surface area contributed by atoms with Crippen molar-refractivity contribution in [3.63, 3.8) is 0 Å². The lowest BCUT2D eigenvalue weighted by Crippen LogP contribution is -2.55. The van der Waals surface area contributed by atoms with Gasteiger partial charge < -0.3 is 4.90 Å². The molecule has 0 fully saturated rings. The van der Waals surface area contributed by atoms with E-state index in [1.165, 1.54) is 12.1 Å². The number of hydrogen-bond acceptors (Lipinski definition) is 3. The highest BCUT2D eigenvalue weighted by Crippen LogP contribution is 2.34. The molecule has 2 heterocycles. The number of halogens is 1. The molecule has 5 rings (SSSR count). The normalized spacial score (nSPS) is 18.2. The minimum Gasteiger partial charge on any atom is -0.308 e. The van der Waals surface area contributed by atoms with Crippen LogP contribution in [0.4, 0.5) is 10.1 Å². The van der Waals surface area contributed by atoms with E-state index in [-0.39, 0.29) is 24.2 Å². The Labute approximate surface area is 191 Å². The van der Waals surface area contributed by atoms with Crippen LogP contribution in [0.25, 0.3) is 0 Å². The monoisotopic (exact) mass is 442 g/mol. The second-order valence-corrected chi connectivity index (χ2v) is 8.60. The number of hydrogen-bond donors (Lipinski definition) is 0. The van der Waals surface area contributed by atoms with E-state index >= 15 is 0 Å². The smallest absolute Gasteiger partial charge is 0.262 e. The van der Waals surface area contributed by atoms with Crippen molar-refractivity contribution >= 4 is 23.4 Å². The standard InChI is InChI=1S/C27H23FN2O3/c1-17-11-12-19-16-20(28)13-14-23(19)29(17)27(33)24(15-18-7-3-2-4-8-18)30-25(31)21-9-5-6-10-22(21)26(30)32/h2-10,13-14,16-17,24H,11-12,15H2,1H3/t17-,24-/m0/s1. The predicted octanol–water partition coefficient (Wildman–Crippen LogP) is 4.40. The third kappa shape index (κ3) is 3.61. The van der Waals surface area contributed by atoms with Crippen molar-refractivity contribution in [2.45, 2.75) is 38.3 Å². The number of rotatable bonds is 4. The van der Waals surface area contributed by atoms with Gasteiger partial charge in [-0.25, -0.2) is 4.39 Å². The van der Waals surface area contributed by atoms with Crippen molar-refractivity contribution in [3.8, 4) is 0 Å². The first-order valence-corrected chi connectivity index (χ1v) is 11.1. The summed E-state index contributed by atoms with van der Waals surface area (Å²) in [6.07, 6.45) is 1.53. The second-order valence-electron chi connectivity index (χ2n) is 8.60. The summed E-state index contributed by atoms with van der Waals surface area (Å²) in [4.78, 5) is 43.4. The predicted molar refractivity (Wildman–Crippen MR) is 123 cm³/mol. The van der Waals surface area contributed by atoms with Crippen LogP contribution in [0.3, 0.4) is 0 Å². The molecule has 0 aromatic heterocycles. The molecular formula is C27H23FN2O3. The van der Waals surface area contributed by atoms with Crippen molar-refractivity contribution in [3.05, 3.63) is 101 Å². The first-order valence-electron chi connectivity index (χ1n) is 11.1. The molecule has 5 nitrogen and oxygen atoms in total. The van der Waals surface area contributed by atoms with Crippen LogP contribution in [0.15, 0.2) is 72.8 Å². The van der Waals surface area contributed by atoms with E-state index in [2.05, 4.69) is 0 Å². The summed E-state index contributed by atoms with van der Waals surface area (Å²) < 4.78 is 13.9. The summed E-state index contributed by atoms with van der Waals surface area (Å²) in [5.41, 5.74) is 2.85. The summed E-state index contributed by atoms with van der Waals surface area (Å²) in [6.45, 7) is 1.94. The van der Waals surface area contributed by atoms with E-state index in [9.17, 15) is 18.8 Å². The van der Waals surface area contributed by atoms with Crippen LogP contribution in [-0.2, 0) is 17.6 Å². The molecule has 3 amide bonds. The second kappa shape index (κ2) is 8.28. The van der Waals surface area contributed by atoms with Gasteiger partial charge in [0.2, 0.25) is 0 Å². The molecule has 0 saturated carbocycles. The van der Waals surface area contributed by atoms with E-state index in [0.29, 0.717) is 29.7 Å². The Hall–Kier alpha value is -3.80. The van der Waals surface area contributed by atoms with Gasteiger partial charge in [0.25, 0.3) is 17.7 Å². The van der Waals surface area contributed by atoms with Gasteiger partial charge in [-0.1, -0.05) is 42.5 Å². The zero-order valence-corrected chi connectivity index (χ0v) is 18.2. The third-order valence-electron chi connectivity index (χ3n) is 6.50. The number of amides is 3. The molecule has 0 saturated heterocycles. The highest BCUT2D eigenvalue weighted by molar-refractivity contribution is 6.23. The molecule has 0 bridgehead atoms. The summed E-state index contributed by atoms with van der Waals surface area (Å²) >= 11 is 0. The fourth-order valence-electron chi connectivity index (χ4n) is 4.83. The largest absolute Gasteiger partial charge is 0.308 e. The molecule has 0 spiro atoms. The van der Waals surface area contributed by atoms with Crippen LogP contribution < -0.4 is 4.90 Å². The van der Waals surface area contributed by atoms with Crippen LogP contribution >= 0.6 is 0 Å². The SMILES string of the molecule is C[C@H]1CCc2cc(F)ccc2N1C(=O)[C@H](Cc1ccccc1)N1C(=O)c2ccccc2C1=O. The molecule has 3 aromatic rings. The van der Waals surface area contributed by atoms with Gasteiger partial charge in [0.1, 0.15) is 11.9 Å². The number of fused-ring (bicyclic) bond motifs is 2. The zero-order valence-electron chi connectivity index (χ0n) is 18.2. The number of carbonyl (C=O) groups excluding carboxylic acids is 3. The molecular weight excluding hydrogens is 419 g/mol. The highest BCUT2D eigenvalue weighted by atomic mass is 19.1. The van der Waals surface area contributed by atoms with Crippen LogP contribution in [0.1, 0.15) is 45.2 Å². The van der Waals surface area contributed by atoms with Gasteiger partial charge in [-0.05, 0) is 61.2 Å². The summed E-state index contributed by atoms with van der Waals surface area (Å²) in [6, 6.07) is 19.2. The quantitative estimate of drug-likeness (QED) is 0.563. The minimum absolute atomic E-state index is 0.149. The van der Waals surface area contributed by atoms with Crippen molar-refractivity contribution in [2.75, 3.05) is 4.90 Å². The third-order valence-corrected chi connectivity index (χ3v) is 6.50. The summed E-state index contributed by atoms with van der Waals surface area (Å²) in [5.74, 6) is -1.62. The van der Waals surface area contributed by atoms with Gasteiger partial charge in [0.05, 0.1) is 11.1 Å². The Kier molecular flexibility index (Phi) is 5.29. The molecule has 0 aliphatic carbocycles. The minimum atomic E-state index is -1.02. The van der Waals surface area contributed by atoms with Crippen molar-refractivity contribution in [1.82, 2.24) is 4.90 Å². The fraction of sp³-hybridized carbons (Fsp3) is 0.222. The first-order chi connectivity index (χ1) is 16.0. The lowest BCUT2D eigenvalue weighted by Gasteiger charge is -2.39. The Balaban J connectivity index is 1.58. The van der Waals surface area contributed by atoms with Crippen LogP contribution in [-0.4, -0.2) is 34.7 Å². The average molecular weight is 442 g/mol. The number of benzene rings is 3. The van der Waals surface area contributed by atoms with Gasteiger partial charge in [0.15, 0.2) is 0 Å². The number of imide groups is 1. The van der Waals surface area contributed by atoms with E-state index in [0.717, 1.165) is 16.0 Å². The molecule has 0 N–H and O–H groups in total. The zero-order chi connectivity index (χ0) is 23.1. The number of anilines is 1. The molecule has 3 aromatic carbocycles. The molecule has 0 radical (unpaired) electrons.